The largest absolute Gasteiger partial charge is 0.486 e. The van der Waals surface area contributed by atoms with Crippen LogP contribution in [0.4, 0.5) is 5.69 Å². The molecule has 0 radical (unpaired) electrons. The van der Waals surface area contributed by atoms with Gasteiger partial charge in [-0.15, -0.1) is 0 Å². The van der Waals surface area contributed by atoms with E-state index in [2.05, 4.69) is 5.32 Å². The SMILES string of the molecule is O=C(CNc1cccc(Cl)c1)c1ccc2c(c1)OCCO2. The molecule has 0 spiro atoms. The summed E-state index contributed by atoms with van der Waals surface area (Å²) in [5.74, 6) is 1.28. The predicted molar refractivity (Wildman–Crippen MR) is 81.7 cm³/mol. The molecule has 4 nitrogen and oxygen atoms in total. The number of ketones is 1. The van der Waals surface area contributed by atoms with Crippen molar-refractivity contribution in [3.63, 3.8) is 0 Å². The molecule has 0 atom stereocenters. The van der Waals surface area contributed by atoms with Crippen LogP contribution in [0.1, 0.15) is 10.4 Å². The lowest BCUT2D eigenvalue weighted by Gasteiger charge is -2.18. The standard InChI is InChI=1S/C16H14ClNO3/c17-12-2-1-3-13(9-12)18-10-14(19)11-4-5-15-16(8-11)21-7-6-20-15/h1-5,8-9,18H,6-7,10H2. The van der Waals surface area contributed by atoms with Crippen LogP contribution in [0.2, 0.25) is 5.02 Å². The molecule has 2 aromatic rings. The van der Waals surface area contributed by atoms with Gasteiger partial charge in [-0.3, -0.25) is 4.79 Å². The molecule has 1 aliphatic rings. The van der Waals surface area contributed by atoms with Crippen molar-refractivity contribution >= 4 is 23.1 Å². The summed E-state index contributed by atoms with van der Waals surface area (Å²) in [5, 5.41) is 3.69. The highest BCUT2D eigenvalue weighted by Crippen LogP contribution is 2.30. The number of ether oxygens (including phenoxy) is 2. The van der Waals surface area contributed by atoms with Crippen LogP contribution in [0.15, 0.2) is 42.5 Å². The van der Waals surface area contributed by atoms with Gasteiger partial charge in [0.05, 0.1) is 6.54 Å². The first kappa shape index (κ1) is 13.8. The van der Waals surface area contributed by atoms with Crippen LogP contribution in [0.5, 0.6) is 11.5 Å². The second kappa shape index (κ2) is 6.06. The van der Waals surface area contributed by atoms with Crippen molar-refractivity contribution in [3.05, 3.63) is 53.1 Å². The maximum Gasteiger partial charge on any atom is 0.181 e. The number of nitrogens with one attached hydrogen (secondary N) is 1. The minimum absolute atomic E-state index is 0.0213. The number of rotatable bonds is 4. The second-order valence-electron chi connectivity index (χ2n) is 4.65. The van der Waals surface area contributed by atoms with Crippen LogP contribution in [0.3, 0.4) is 0 Å². The quantitative estimate of drug-likeness (QED) is 0.879. The molecular formula is C16H14ClNO3. The summed E-state index contributed by atoms with van der Waals surface area (Å²) in [6.07, 6.45) is 0. The minimum Gasteiger partial charge on any atom is -0.486 e. The first-order valence-electron chi connectivity index (χ1n) is 6.65. The monoisotopic (exact) mass is 303 g/mol. The molecule has 1 N–H and O–H groups in total. The van der Waals surface area contributed by atoms with Gasteiger partial charge in [0.2, 0.25) is 0 Å². The maximum atomic E-state index is 12.2. The van der Waals surface area contributed by atoms with E-state index in [4.69, 9.17) is 21.1 Å². The van der Waals surface area contributed by atoms with Gasteiger partial charge in [0, 0.05) is 16.3 Å². The van der Waals surface area contributed by atoms with Crippen molar-refractivity contribution in [2.75, 3.05) is 25.1 Å². The van der Waals surface area contributed by atoms with Crippen molar-refractivity contribution in [2.45, 2.75) is 0 Å². The number of fused-ring (bicyclic) bond motifs is 1. The van der Waals surface area contributed by atoms with Gasteiger partial charge in [-0.2, -0.15) is 0 Å². The summed E-state index contributed by atoms with van der Waals surface area (Å²) < 4.78 is 10.9. The maximum absolute atomic E-state index is 12.2. The molecule has 0 saturated carbocycles. The topological polar surface area (TPSA) is 47.6 Å². The summed E-state index contributed by atoms with van der Waals surface area (Å²) in [6, 6.07) is 12.5. The fourth-order valence-electron chi connectivity index (χ4n) is 2.10. The Kier molecular flexibility index (Phi) is 3.97. The zero-order chi connectivity index (χ0) is 14.7. The van der Waals surface area contributed by atoms with Crippen LogP contribution >= 0.6 is 11.6 Å². The number of anilines is 1. The van der Waals surface area contributed by atoms with Crippen molar-refractivity contribution in [1.29, 1.82) is 0 Å². The van der Waals surface area contributed by atoms with E-state index in [1.165, 1.54) is 0 Å². The number of halogens is 1. The van der Waals surface area contributed by atoms with Crippen molar-refractivity contribution < 1.29 is 14.3 Å². The number of hydrogen-bond donors (Lipinski definition) is 1. The molecule has 5 heteroatoms. The number of carbonyl (C=O) groups excluding carboxylic acids is 1. The zero-order valence-corrected chi connectivity index (χ0v) is 12.0. The van der Waals surface area contributed by atoms with Gasteiger partial charge >= 0.3 is 0 Å². The normalized spacial score (nSPS) is 12.8. The van der Waals surface area contributed by atoms with Crippen molar-refractivity contribution in [3.8, 4) is 11.5 Å². The van der Waals surface area contributed by atoms with Crippen LogP contribution in [-0.4, -0.2) is 25.5 Å². The number of benzene rings is 2. The molecule has 21 heavy (non-hydrogen) atoms. The van der Waals surface area contributed by atoms with E-state index in [9.17, 15) is 4.79 Å². The summed E-state index contributed by atoms with van der Waals surface area (Å²) in [7, 11) is 0. The van der Waals surface area contributed by atoms with E-state index in [0.717, 1.165) is 5.69 Å². The molecule has 0 bridgehead atoms. The lowest BCUT2D eigenvalue weighted by Crippen LogP contribution is -2.17. The number of carbonyl (C=O) groups is 1. The Balaban J connectivity index is 1.68. The van der Waals surface area contributed by atoms with Gasteiger partial charge in [0.15, 0.2) is 17.3 Å². The molecule has 0 unspecified atom stereocenters. The fraction of sp³-hybridized carbons (Fsp3) is 0.188. The highest BCUT2D eigenvalue weighted by atomic mass is 35.5. The molecule has 2 aromatic carbocycles. The summed E-state index contributed by atoms with van der Waals surface area (Å²) in [6.45, 7) is 1.24. The Morgan fingerprint density at radius 3 is 2.71 bits per heavy atom. The summed E-state index contributed by atoms with van der Waals surface area (Å²) in [5.41, 5.74) is 1.40. The van der Waals surface area contributed by atoms with Gasteiger partial charge in [-0.05, 0) is 36.4 Å². The first-order valence-corrected chi connectivity index (χ1v) is 7.02. The smallest absolute Gasteiger partial charge is 0.181 e. The third-order valence-corrected chi connectivity index (χ3v) is 3.38. The molecule has 0 fully saturated rings. The minimum atomic E-state index is -0.0213. The molecule has 1 aliphatic heterocycles. The second-order valence-corrected chi connectivity index (χ2v) is 5.08. The van der Waals surface area contributed by atoms with Crippen molar-refractivity contribution in [1.82, 2.24) is 0 Å². The highest BCUT2D eigenvalue weighted by molar-refractivity contribution is 6.30. The Bertz CT molecular complexity index is 672. The van der Waals surface area contributed by atoms with Crippen LogP contribution in [-0.2, 0) is 0 Å². The van der Waals surface area contributed by atoms with E-state index >= 15 is 0 Å². The number of hydrogen-bond acceptors (Lipinski definition) is 4. The first-order chi connectivity index (χ1) is 10.2. The molecule has 108 valence electrons. The summed E-state index contributed by atoms with van der Waals surface area (Å²) >= 11 is 5.90. The average molecular weight is 304 g/mol. The molecule has 1 heterocycles. The highest BCUT2D eigenvalue weighted by Gasteiger charge is 2.14. The van der Waals surface area contributed by atoms with Gasteiger partial charge in [-0.25, -0.2) is 0 Å². The van der Waals surface area contributed by atoms with Crippen LogP contribution in [0, 0.1) is 0 Å². The molecule has 3 rings (SSSR count). The van der Waals surface area contributed by atoms with Crippen LogP contribution < -0.4 is 14.8 Å². The fourth-order valence-corrected chi connectivity index (χ4v) is 2.29. The van der Waals surface area contributed by atoms with E-state index in [0.29, 0.717) is 35.3 Å². The molecule has 0 saturated heterocycles. The molecule has 0 amide bonds. The zero-order valence-electron chi connectivity index (χ0n) is 11.3. The Morgan fingerprint density at radius 1 is 1.10 bits per heavy atom. The predicted octanol–water partition coefficient (Wildman–Crippen LogP) is 3.41. The van der Waals surface area contributed by atoms with Crippen molar-refractivity contribution in [2.24, 2.45) is 0 Å². The third-order valence-electron chi connectivity index (χ3n) is 3.14. The van der Waals surface area contributed by atoms with E-state index in [1.54, 1.807) is 30.3 Å². The Hall–Kier alpha value is -2.20. The summed E-state index contributed by atoms with van der Waals surface area (Å²) in [4.78, 5) is 12.2. The van der Waals surface area contributed by atoms with Crippen LogP contribution in [0.25, 0.3) is 0 Å². The van der Waals surface area contributed by atoms with Gasteiger partial charge in [0.1, 0.15) is 13.2 Å². The Labute approximate surface area is 127 Å². The third kappa shape index (κ3) is 3.28. The van der Waals surface area contributed by atoms with Gasteiger partial charge in [0.25, 0.3) is 0 Å². The lowest BCUT2D eigenvalue weighted by atomic mass is 10.1. The Morgan fingerprint density at radius 2 is 1.90 bits per heavy atom. The van der Waals surface area contributed by atoms with Gasteiger partial charge < -0.3 is 14.8 Å². The molecule has 0 aromatic heterocycles. The van der Waals surface area contributed by atoms with Gasteiger partial charge in [-0.1, -0.05) is 17.7 Å². The van der Waals surface area contributed by atoms with E-state index < -0.39 is 0 Å². The average Bonchev–Trinajstić information content (AvgIpc) is 2.52. The lowest BCUT2D eigenvalue weighted by molar-refractivity contribution is 0.100. The van der Waals surface area contributed by atoms with E-state index in [-0.39, 0.29) is 12.3 Å². The molecule has 0 aliphatic carbocycles. The molecular weight excluding hydrogens is 290 g/mol. The number of Topliss-reactive ketones (excluding diaryl/α,β-unsaturated/α-hetero) is 1. The van der Waals surface area contributed by atoms with E-state index in [1.807, 2.05) is 12.1 Å².